The number of hydrogen-bond acceptors (Lipinski definition) is 3. The molecular weight excluding hydrogens is 472 g/mol. The Morgan fingerprint density at radius 2 is 1.82 bits per heavy atom. The largest absolute Gasteiger partial charge is 0.406 e. The molecule has 0 saturated heterocycles. The summed E-state index contributed by atoms with van der Waals surface area (Å²) in [5.74, 6) is 4.38. The topological polar surface area (TPSA) is 49.0 Å². The summed E-state index contributed by atoms with van der Waals surface area (Å²) in [6.07, 6.45) is -9.39. The molecule has 11 heteroatoms. The number of nitrogens with one attached hydrogen (secondary N) is 1. The van der Waals surface area contributed by atoms with Gasteiger partial charge in [-0.1, -0.05) is 29.5 Å². The van der Waals surface area contributed by atoms with Crippen LogP contribution in [0.25, 0.3) is 10.9 Å². The fourth-order valence-electron chi connectivity index (χ4n) is 3.34. The molecule has 0 amide bonds. The maximum Gasteiger partial charge on any atom is 0.406 e. The summed E-state index contributed by atoms with van der Waals surface area (Å²) < 4.78 is 79.8. The fraction of sp³-hybridized carbons (Fsp3) is 0.273. The van der Waals surface area contributed by atoms with Gasteiger partial charge in [-0.15, -0.1) is 0 Å². The van der Waals surface area contributed by atoms with Gasteiger partial charge in [-0.05, 0) is 49.2 Å². The lowest BCUT2D eigenvalue weighted by atomic mass is 10.1. The van der Waals surface area contributed by atoms with Crippen molar-refractivity contribution in [1.82, 2.24) is 9.97 Å². The normalized spacial score (nSPS) is 15.1. The molecule has 0 unspecified atom stereocenters. The molecule has 1 N–H and O–H groups in total. The van der Waals surface area contributed by atoms with E-state index in [9.17, 15) is 31.1 Å². The van der Waals surface area contributed by atoms with Crippen LogP contribution in [0.5, 0.6) is 0 Å². The Bertz CT molecular complexity index is 1330. The first-order valence-corrected chi connectivity index (χ1v) is 9.99. The van der Waals surface area contributed by atoms with Crippen molar-refractivity contribution in [2.45, 2.75) is 25.2 Å². The number of H-pyrrole nitrogens is 1. The minimum absolute atomic E-state index is 0.0367. The lowest BCUT2D eigenvalue weighted by Gasteiger charge is -2.26. The summed E-state index contributed by atoms with van der Waals surface area (Å²) in [5, 5.41) is 0.461. The van der Waals surface area contributed by atoms with E-state index in [-0.39, 0.29) is 45.8 Å². The summed E-state index contributed by atoms with van der Waals surface area (Å²) in [6, 6.07) is 9.58. The highest BCUT2D eigenvalue weighted by Crippen LogP contribution is 2.57. The van der Waals surface area contributed by atoms with Crippen LogP contribution in [0.15, 0.2) is 47.3 Å². The van der Waals surface area contributed by atoms with E-state index in [0.717, 1.165) is 4.90 Å². The molecule has 1 aromatic heterocycles. The number of fused-ring (bicyclic) bond motifs is 1. The molecule has 0 atom stereocenters. The standard InChI is InChI=1S/C22H14ClF6N3O/c23-14-4-5-16-17(11-14)30-19(33)31-18(16)32(12-21(24,25)26)15-3-1-2-13(10-15)6-7-20(8-9-20)22(27,28)29/h1-5,10-11H,8-9,12H2,(H,30,31,33). The third-order valence-corrected chi connectivity index (χ3v) is 5.40. The van der Waals surface area contributed by atoms with Gasteiger partial charge >= 0.3 is 18.0 Å². The van der Waals surface area contributed by atoms with Crippen LogP contribution in [-0.4, -0.2) is 28.9 Å². The van der Waals surface area contributed by atoms with E-state index in [2.05, 4.69) is 21.8 Å². The third-order valence-electron chi connectivity index (χ3n) is 5.16. The molecule has 0 radical (unpaired) electrons. The van der Waals surface area contributed by atoms with E-state index in [1.807, 2.05) is 0 Å². The van der Waals surface area contributed by atoms with Crippen molar-refractivity contribution in [3.8, 4) is 11.8 Å². The lowest BCUT2D eigenvalue weighted by Crippen LogP contribution is -2.32. The highest BCUT2D eigenvalue weighted by molar-refractivity contribution is 6.31. The first-order chi connectivity index (χ1) is 15.4. The van der Waals surface area contributed by atoms with Gasteiger partial charge in [-0.3, -0.25) is 0 Å². The van der Waals surface area contributed by atoms with Crippen LogP contribution in [0, 0.1) is 17.3 Å². The van der Waals surface area contributed by atoms with Crippen LogP contribution in [0.1, 0.15) is 18.4 Å². The first-order valence-electron chi connectivity index (χ1n) is 9.61. The van der Waals surface area contributed by atoms with Crippen LogP contribution in [0.3, 0.4) is 0 Å². The second-order valence-electron chi connectivity index (χ2n) is 7.64. The average molecular weight is 486 g/mol. The molecule has 4 nitrogen and oxygen atoms in total. The Balaban J connectivity index is 1.82. The maximum atomic E-state index is 13.5. The molecule has 3 aromatic rings. The lowest BCUT2D eigenvalue weighted by molar-refractivity contribution is -0.168. The van der Waals surface area contributed by atoms with Gasteiger partial charge in [-0.2, -0.15) is 31.3 Å². The highest BCUT2D eigenvalue weighted by Gasteiger charge is 2.62. The molecular formula is C22H14ClF6N3O. The number of halogens is 7. The number of hydrogen-bond donors (Lipinski definition) is 1. The molecule has 172 valence electrons. The summed E-state index contributed by atoms with van der Waals surface area (Å²) in [6.45, 7) is -1.50. The van der Waals surface area contributed by atoms with E-state index < -0.39 is 30.0 Å². The van der Waals surface area contributed by atoms with Gasteiger partial charge in [0.15, 0.2) is 0 Å². The van der Waals surface area contributed by atoms with Crippen molar-refractivity contribution in [1.29, 1.82) is 0 Å². The van der Waals surface area contributed by atoms with Crippen LogP contribution in [0.2, 0.25) is 5.02 Å². The maximum absolute atomic E-state index is 13.5. The number of anilines is 2. The average Bonchev–Trinajstić information content (AvgIpc) is 3.50. The number of alkyl halides is 6. The summed E-state index contributed by atoms with van der Waals surface area (Å²) >= 11 is 5.92. The Kier molecular flexibility index (Phi) is 5.56. The second kappa shape index (κ2) is 7.99. The van der Waals surface area contributed by atoms with Gasteiger partial charge in [0.25, 0.3) is 0 Å². The van der Waals surface area contributed by atoms with Crippen LogP contribution < -0.4 is 10.6 Å². The van der Waals surface area contributed by atoms with Crippen LogP contribution in [0.4, 0.5) is 37.8 Å². The predicted octanol–water partition coefficient (Wildman–Crippen LogP) is 5.97. The Morgan fingerprint density at radius 1 is 1.09 bits per heavy atom. The molecule has 4 rings (SSSR count). The van der Waals surface area contributed by atoms with Crippen molar-refractivity contribution in [3.05, 3.63) is 63.5 Å². The Morgan fingerprint density at radius 3 is 2.45 bits per heavy atom. The first kappa shape index (κ1) is 23.0. The smallest absolute Gasteiger partial charge is 0.316 e. The van der Waals surface area contributed by atoms with Crippen molar-refractivity contribution in [2.75, 3.05) is 11.4 Å². The Labute approximate surface area is 188 Å². The zero-order chi connectivity index (χ0) is 24.0. The molecule has 1 aliphatic carbocycles. The quantitative estimate of drug-likeness (QED) is 0.367. The van der Waals surface area contributed by atoms with Crippen LogP contribution >= 0.6 is 11.6 Å². The van der Waals surface area contributed by atoms with Gasteiger partial charge in [0.05, 0.1) is 5.52 Å². The van der Waals surface area contributed by atoms with Crippen molar-refractivity contribution >= 4 is 34.0 Å². The van der Waals surface area contributed by atoms with Gasteiger partial charge in [-0.25, -0.2) is 4.79 Å². The van der Waals surface area contributed by atoms with Gasteiger partial charge < -0.3 is 9.88 Å². The van der Waals surface area contributed by atoms with E-state index in [1.165, 1.54) is 42.5 Å². The highest BCUT2D eigenvalue weighted by atomic mass is 35.5. The fourth-order valence-corrected chi connectivity index (χ4v) is 3.51. The molecule has 0 bridgehead atoms. The van der Waals surface area contributed by atoms with E-state index >= 15 is 0 Å². The summed E-state index contributed by atoms with van der Waals surface area (Å²) in [5.41, 5.74) is -2.71. The van der Waals surface area contributed by atoms with E-state index in [4.69, 9.17) is 11.6 Å². The number of aromatic amines is 1. The van der Waals surface area contributed by atoms with E-state index in [1.54, 1.807) is 0 Å². The number of aromatic nitrogens is 2. The van der Waals surface area contributed by atoms with Crippen LogP contribution in [-0.2, 0) is 0 Å². The zero-order valence-corrected chi connectivity index (χ0v) is 17.4. The number of benzene rings is 2. The molecule has 0 aliphatic heterocycles. The third kappa shape index (κ3) is 4.93. The summed E-state index contributed by atoms with van der Waals surface area (Å²) in [7, 11) is 0. The van der Waals surface area contributed by atoms with Gasteiger partial charge in [0, 0.05) is 21.7 Å². The minimum atomic E-state index is -4.68. The number of nitrogens with zero attached hydrogens (tertiary/aromatic N) is 2. The molecule has 1 heterocycles. The molecule has 1 aliphatic rings. The van der Waals surface area contributed by atoms with Crippen molar-refractivity contribution < 1.29 is 26.3 Å². The van der Waals surface area contributed by atoms with Crippen molar-refractivity contribution in [3.63, 3.8) is 0 Å². The van der Waals surface area contributed by atoms with Crippen molar-refractivity contribution in [2.24, 2.45) is 5.41 Å². The predicted molar refractivity (Wildman–Crippen MR) is 111 cm³/mol. The SMILES string of the molecule is O=c1nc(N(CC(F)(F)F)c2cccc(C#CC3(C(F)(F)F)CC3)c2)c2ccc(Cl)cc2[nH]1. The summed E-state index contributed by atoms with van der Waals surface area (Å²) in [4.78, 5) is 19.0. The second-order valence-corrected chi connectivity index (χ2v) is 8.07. The minimum Gasteiger partial charge on any atom is -0.316 e. The Hall–Kier alpha value is -3.19. The molecule has 0 spiro atoms. The molecule has 1 saturated carbocycles. The van der Waals surface area contributed by atoms with E-state index in [0.29, 0.717) is 0 Å². The number of rotatable bonds is 3. The van der Waals surface area contributed by atoms with Gasteiger partial charge in [0.1, 0.15) is 17.8 Å². The zero-order valence-electron chi connectivity index (χ0n) is 16.6. The van der Waals surface area contributed by atoms with Gasteiger partial charge in [0.2, 0.25) is 0 Å². The molecule has 1 fully saturated rings. The molecule has 2 aromatic carbocycles. The monoisotopic (exact) mass is 485 g/mol. The molecule has 33 heavy (non-hydrogen) atoms.